The minimum Gasteiger partial charge on any atom is -0.354 e. The van der Waals surface area contributed by atoms with Crippen molar-refractivity contribution in [1.82, 2.24) is 14.9 Å². The first-order valence-electron chi connectivity index (χ1n) is 9.46. The Bertz CT molecular complexity index is 1190. The summed E-state index contributed by atoms with van der Waals surface area (Å²) in [5.41, 5.74) is 3.97. The molecular formula is C23H21N3O2S. The van der Waals surface area contributed by atoms with Crippen LogP contribution in [0.15, 0.2) is 71.1 Å². The normalized spacial score (nSPS) is 10.9. The monoisotopic (exact) mass is 403 g/mol. The van der Waals surface area contributed by atoms with Gasteiger partial charge in [0.1, 0.15) is 11.4 Å². The summed E-state index contributed by atoms with van der Waals surface area (Å²) in [6.07, 6.45) is 2.21. The van der Waals surface area contributed by atoms with Crippen LogP contribution in [-0.2, 0) is 17.8 Å². The molecule has 1 amide bonds. The van der Waals surface area contributed by atoms with Crippen molar-refractivity contribution in [3.63, 3.8) is 0 Å². The zero-order valence-electron chi connectivity index (χ0n) is 16.1. The lowest BCUT2D eigenvalue weighted by Gasteiger charge is -2.08. The predicted octanol–water partition coefficient (Wildman–Crippen LogP) is 3.79. The van der Waals surface area contributed by atoms with E-state index in [4.69, 9.17) is 0 Å². The van der Waals surface area contributed by atoms with Crippen LogP contribution >= 0.6 is 11.3 Å². The Labute approximate surface area is 172 Å². The lowest BCUT2D eigenvalue weighted by molar-refractivity contribution is -0.121. The van der Waals surface area contributed by atoms with Crippen molar-refractivity contribution in [2.24, 2.45) is 0 Å². The summed E-state index contributed by atoms with van der Waals surface area (Å²) >= 11 is 1.44. The summed E-state index contributed by atoms with van der Waals surface area (Å²) in [7, 11) is 0. The molecule has 1 N–H and O–H groups in total. The third kappa shape index (κ3) is 4.27. The number of aryl methyl sites for hydroxylation is 1. The number of carbonyl (C=O) groups is 1. The number of aromatic nitrogens is 2. The Morgan fingerprint density at radius 3 is 2.62 bits per heavy atom. The molecule has 29 heavy (non-hydrogen) atoms. The summed E-state index contributed by atoms with van der Waals surface area (Å²) < 4.78 is 1.38. The fourth-order valence-electron chi connectivity index (χ4n) is 3.23. The first-order valence-corrected chi connectivity index (χ1v) is 10.3. The zero-order chi connectivity index (χ0) is 20.2. The van der Waals surface area contributed by atoms with E-state index in [1.165, 1.54) is 22.2 Å². The third-order valence-electron chi connectivity index (χ3n) is 4.82. The molecule has 0 atom stereocenters. The quantitative estimate of drug-likeness (QED) is 0.533. The largest absolute Gasteiger partial charge is 0.354 e. The number of hydrogen-bond donors (Lipinski definition) is 1. The summed E-state index contributed by atoms with van der Waals surface area (Å²) in [4.78, 5) is 30.4. The van der Waals surface area contributed by atoms with E-state index in [0.29, 0.717) is 16.8 Å². The van der Waals surface area contributed by atoms with Crippen molar-refractivity contribution >= 4 is 27.5 Å². The van der Waals surface area contributed by atoms with E-state index in [2.05, 4.69) is 10.3 Å². The van der Waals surface area contributed by atoms with Crippen LogP contribution in [0.25, 0.3) is 21.3 Å². The highest BCUT2D eigenvalue weighted by Crippen LogP contribution is 2.30. The predicted molar refractivity (Wildman–Crippen MR) is 117 cm³/mol. The molecule has 2 aromatic carbocycles. The molecule has 0 fully saturated rings. The number of carbonyl (C=O) groups excluding carboxylic acids is 1. The lowest BCUT2D eigenvalue weighted by atomic mass is 10.1. The number of thiophene rings is 1. The van der Waals surface area contributed by atoms with Crippen LogP contribution in [0.4, 0.5) is 0 Å². The van der Waals surface area contributed by atoms with Crippen molar-refractivity contribution in [2.75, 3.05) is 6.54 Å². The molecule has 0 spiro atoms. The lowest BCUT2D eigenvalue weighted by Crippen LogP contribution is -2.33. The van der Waals surface area contributed by atoms with Gasteiger partial charge in [0.2, 0.25) is 5.91 Å². The molecule has 0 radical (unpaired) electrons. The highest BCUT2D eigenvalue weighted by Gasteiger charge is 2.14. The molecule has 0 aliphatic heterocycles. The molecule has 6 heteroatoms. The molecule has 2 heterocycles. The number of hydrogen-bond acceptors (Lipinski definition) is 4. The minimum atomic E-state index is -0.198. The molecule has 0 bridgehead atoms. The van der Waals surface area contributed by atoms with E-state index in [9.17, 15) is 9.59 Å². The van der Waals surface area contributed by atoms with Crippen molar-refractivity contribution < 1.29 is 4.79 Å². The van der Waals surface area contributed by atoms with E-state index in [1.54, 1.807) is 0 Å². The average molecular weight is 404 g/mol. The van der Waals surface area contributed by atoms with Gasteiger partial charge in [0.15, 0.2) is 0 Å². The summed E-state index contributed by atoms with van der Waals surface area (Å²) in [6, 6.07) is 18.0. The molecule has 146 valence electrons. The molecule has 0 saturated carbocycles. The van der Waals surface area contributed by atoms with Gasteiger partial charge in [0, 0.05) is 17.5 Å². The van der Waals surface area contributed by atoms with Crippen molar-refractivity contribution in [2.45, 2.75) is 19.9 Å². The van der Waals surface area contributed by atoms with Gasteiger partial charge in [0.05, 0.1) is 11.7 Å². The molecule has 5 nitrogen and oxygen atoms in total. The maximum absolute atomic E-state index is 13.0. The third-order valence-corrected chi connectivity index (χ3v) is 5.70. The maximum Gasteiger partial charge on any atom is 0.263 e. The first-order chi connectivity index (χ1) is 14.1. The molecule has 4 aromatic rings. The topological polar surface area (TPSA) is 64.0 Å². The minimum absolute atomic E-state index is 0.0419. The van der Waals surface area contributed by atoms with Gasteiger partial charge in [0.25, 0.3) is 5.56 Å². The van der Waals surface area contributed by atoms with E-state index in [1.807, 2.05) is 66.9 Å². The smallest absolute Gasteiger partial charge is 0.263 e. The standard InChI is InChI=1S/C23H21N3O2S/c1-16-7-9-18(10-8-16)19-14-29-22-21(19)23(28)26(15-25-22)13-20(27)24-12-11-17-5-3-2-4-6-17/h2-10,14-15H,11-13H2,1H3,(H,24,27). The van der Waals surface area contributed by atoms with E-state index < -0.39 is 0 Å². The fourth-order valence-corrected chi connectivity index (χ4v) is 4.13. The van der Waals surface area contributed by atoms with Gasteiger partial charge in [-0.1, -0.05) is 60.2 Å². The van der Waals surface area contributed by atoms with Gasteiger partial charge in [-0.3, -0.25) is 14.2 Å². The van der Waals surface area contributed by atoms with Crippen LogP contribution in [-0.4, -0.2) is 22.0 Å². The summed E-state index contributed by atoms with van der Waals surface area (Å²) in [5, 5.41) is 5.40. The molecule has 0 aliphatic rings. The first kappa shape index (κ1) is 19.1. The van der Waals surface area contributed by atoms with Crippen molar-refractivity contribution in [3.8, 4) is 11.1 Å². The highest BCUT2D eigenvalue weighted by molar-refractivity contribution is 7.17. The van der Waals surface area contributed by atoms with E-state index >= 15 is 0 Å². The van der Waals surface area contributed by atoms with Crippen LogP contribution in [0.5, 0.6) is 0 Å². The van der Waals surface area contributed by atoms with Crippen LogP contribution < -0.4 is 10.9 Å². The Kier molecular flexibility index (Phi) is 5.53. The molecule has 0 saturated heterocycles. The van der Waals surface area contributed by atoms with E-state index in [-0.39, 0.29) is 18.0 Å². The Hall–Kier alpha value is -3.25. The summed E-state index contributed by atoms with van der Waals surface area (Å²) in [6.45, 7) is 2.51. The van der Waals surface area contributed by atoms with Gasteiger partial charge in [-0.15, -0.1) is 11.3 Å². The molecule has 2 aromatic heterocycles. The number of nitrogens with zero attached hydrogens (tertiary/aromatic N) is 2. The number of nitrogens with one attached hydrogen (secondary N) is 1. The van der Waals surface area contributed by atoms with Gasteiger partial charge < -0.3 is 5.32 Å². The molecule has 0 aliphatic carbocycles. The van der Waals surface area contributed by atoms with Crippen LogP contribution in [0, 0.1) is 6.92 Å². The van der Waals surface area contributed by atoms with E-state index in [0.717, 1.165) is 28.7 Å². The number of fused-ring (bicyclic) bond motifs is 1. The van der Waals surface area contributed by atoms with Crippen molar-refractivity contribution in [1.29, 1.82) is 0 Å². The van der Waals surface area contributed by atoms with Crippen LogP contribution in [0.2, 0.25) is 0 Å². The number of benzene rings is 2. The fraction of sp³-hybridized carbons (Fsp3) is 0.174. The second-order valence-electron chi connectivity index (χ2n) is 6.96. The van der Waals surface area contributed by atoms with Crippen molar-refractivity contribution in [3.05, 3.63) is 87.8 Å². The van der Waals surface area contributed by atoms with Gasteiger partial charge >= 0.3 is 0 Å². The number of rotatable bonds is 6. The second-order valence-corrected chi connectivity index (χ2v) is 7.82. The Balaban J connectivity index is 1.51. The van der Waals surface area contributed by atoms with Gasteiger partial charge in [-0.25, -0.2) is 4.98 Å². The molecular weight excluding hydrogens is 382 g/mol. The Morgan fingerprint density at radius 2 is 1.86 bits per heavy atom. The maximum atomic E-state index is 13.0. The SMILES string of the molecule is Cc1ccc(-c2csc3ncn(CC(=O)NCCc4ccccc4)c(=O)c23)cc1. The number of amides is 1. The van der Waals surface area contributed by atoms with Crippen LogP contribution in [0.1, 0.15) is 11.1 Å². The zero-order valence-corrected chi connectivity index (χ0v) is 16.9. The highest BCUT2D eigenvalue weighted by atomic mass is 32.1. The van der Waals surface area contributed by atoms with Gasteiger partial charge in [-0.2, -0.15) is 0 Å². The Morgan fingerprint density at radius 1 is 1.10 bits per heavy atom. The van der Waals surface area contributed by atoms with Crippen LogP contribution in [0.3, 0.4) is 0 Å². The van der Waals surface area contributed by atoms with Gasteiger partial charge in [-0.05, 0) is 24.5 Å². The second kappa shape index (κ2) is 8.41. The molecule has 0 unspecified atom stereocenters. The molecule has 4 rings (SSSR count). The summed E-state index contributed by atoms with van der Waals surface area (Å²) in [5.74, 6) is -0.198. The average Bonchev–Trinajstić information content (AvgIpc) is 3.16.